The third-order valence-electron chi connectivity index (χ3n) is 3.40. The summed E-state index contributed by atoms with van der Waals surface area (Å²) in [5.74, 6) is 3.06. The van der Waals surface area contributed by atoms with Crippen molar-refractivity contribution in [3.8, 4) is 5.75 Å². The lowest BCUT2D eigenvalue weighted by atomic mass is 10.4. The second-order valence-corrected chi connectivity index (χ2v) is 8.10. The average molecular weight is 332 g/mol. The normalized spacial score (nSPS) is 19.4. The van der Waals surface area contributed by atoms with Crippen molar-refractivity contribution in [2.45, 2.75) is 12.3 Å². The van der Waals surface area contributed by atoms with Gasteiger partial charge in [-0.1, -0.05) is 6.92 Å². The number of rotatable bonds is 5. The van der Waals surface area contributed by atoms with Gasteiger partial charge in [-0.3, -0.25) is 0 Å². The van der Waals surface area contributed by atoms with E-state index in [9.17, 15) is 8.42 Å². The van der Waals surface area contributed by atoms with Crippen LogP contribution in [0.5, 0.6) is 5.75 Å². The molecule has 0 radical (unpaired) electrons. The van der Waals surface area contributed by atoms with Gasteiger partial charge in [0, 0.05) is 30.9 Å². The quantitative estimate of drug-likeness (QED) is 0.849. The number of nitrogens with one attached hydrogen (secondary N) is 1. The van der Waals surface area contributed by atoms with Gasteiger partial charge in [-0.25, -0.2) is 18.4 Å². The van der Waals surface area contributed by atoms with Crippen LogP contribution in [0.3, 0.4) is 0 Å². The minimum absolute atomic E-state index is 0.112. The standard InChI is InChI=1S/C12H20N4O3S2/c1-4-21(17,18)9-7-20-6-5-16(9)12-10(19-3)11(13-2)14-8-15-12/h8-9H,4-7H2,1-3H3,(H,13,14,15). The molecule has 1 aromatic rings. The summed E-state index contributed by atoms with van der Waals surface area (Å²) in [7, 11) is 0.0755. The number of sulfone groups is 1. The fourth-order valence-corrected chi connectivity index (χ4v) is 5.22. The van der Waals surface area contributed by atoms with Gasteiger partial charge in [0.2, 0.25) is 5.75 Å². The summed E-state index contributed by atoms with van der Waals surface area (Å²) >= 11 is 1.65. The molecule has 1 atom stereocenters. The predicted molar refractivity (Wildman–Crippen MR) is 86.1 cm³/mol. The summed E-state index contributed by atoms with van der Waals surface area (Å²) in [5, 5.41) is 2.36. The van der Waals surface area contributed by atoms with Crippen LogP contribution < -0.4 is 15.0 Å². The maximum absolute atomic E-state index is 12.3. The van der Waals surface area contributed by atoms with Gasteiger partial charge in [-0.05, 0) is 0 Å². The van der Waals surface area contributed by atoms with Crippen LogP contribution in [-0.2, 0) is 9.84 Å². The fraction of sp³-hybridized carbons (Fsp3) is 0.667. The number of methoxy groups -OCH3 is 1. The highest BCUT2D eigenvalue weighted by Crippen LogP contribution is 2.35. The lowest BCUT2D eigenvalue weighted by Gasteiger charge is -2.36. The van der Waals surface area contributed by atoms with E-state index in [4.69, 9.17) is 4.74 Å². The second kappa shape index (κ2) is 6.69. The van der Waals surface area contributed by atoms with Crippen molar-refractivity contribution in [3.63, 3.8) is 0 Å². The predicted octanol–water partition coefficient (Wildman–Crippen LogP) is 0.841. The topological polar surface area (TPSA) is 84.4 Å². The molecule has 0 aromatic carbocycles. The Morgan fingerprint density at radius 3 is 2.90 bits per heavy atom. The van der Waals surface area contributed by atoms with Crippen molar-refractivity contribution in [2.24, 2.45) is 0 Å². The zero-order chi connectivity index (χ0) is 15.5. The number of nitrogens with zero attached hydrogens (tertiary/aromatic N) is 3. The number of anilines is 2. The second-order valence-electron chi connectivity index (χ2n) is 4.50. The van der Waals surface area contributed by atoms with Gasteiger partial charge >= 0.3 is 0 Å². The van der Waals surface area contributed by atoms with Crippen LogP contribution in [0.25, 0.3) is 0 Å². The zero-order valence-electron chi connectivity index (χ0n) is 12.4. The molecule has 1 N–H and O–H groups in total. The van der Waals surface area contributed by atoms with Gasteiger partial charge in [0.05, 0.1) is 7.11 Å². The van der Waals surface area contributed by atoms with E-state index in [0.717, 1.165) is 5.75 Å². The van der Waals surface area contributed by atoms with Crippen molar-refractivity contribution in [3.05, 3.63) is 6.33 Å². The molecule has 0 amide bonds. The Morgan fingerprint density at radius 1 is 1.52 bits per heavy atom. The Bertz CT molecular complexity index is 594. The molecular weight excluding hydrogens is 312 g/mol. The largest absolute Gasteiger partial charge is 0.490 e. The van der Waals surface area contributed by atoms with Gasteiger partial charge < -0.3 is 15.0 Å². The van der Waals surface area contributed by atoms with Crippen LogP contribution >= 0.6 is 11.8 Å². The molecule has 1 unspecified atom stereocenters. The molecule has 1 aliphatic rings. The zero-order valence-corrected chi connectivity index (χ0v) is 14.0. The molecule has 21 heavy (non-hydrogen) atoms. The minimum atomic E-state index is -3.19. The highest BCUT2D eigenvalue weighted by Gasteiger charge is 2.35. The Morgan fingerprint density at radius 2 is 2.29 bits per heavy atom. The molecule has 0 spiro atoms. The highest BCUT2D eigenvalue weighted by molar-refractivity contribution is 8.01. The summed E-state index contributed by atoms with van der Waals surface area (Å²) < 4.78 is 30.1. The van der Waals surface area contributed by atoms with Crippen molar-refractivity contribution >= 4 is 33.2 Å². The van der Waals surface area contributed by atoms with Crippen molar-refractivity contribution in [1.29, 1.82) is 0 Å². The van der Waals surface area contributed by atoms with E-state index < -0.39 is 15.2 Å². The van der Waals surface area contributed by atoms with Gasteiger partial charge in [-0.2, -0.15) is 11.8 Å². The molecule has 2 heterocycles. The molecule has 1 aromatic heterocycles. The van der Waals surface area contributed by atoms with E-state index in [1.54, 1.807) is 25.7 Å². The number of thioether (sulfide) groups is 1. The lowest BCUT2D eigenvalue weighted by molar-refractivity contribution is 0.412. The molecule has 7 nitrogen and oxygen atoms in total. The summed E-state index contributed by atoms with van der Waals surface area (Å²) in [6, 6.07) is 0. The van der Waals surface area contributed by atoms with Gasteiger partial charge in [0.25, 0.3) is 0 Å². The monoisotopic (exact) mass is 332 g/mol. The first-order valence-electron chi connectivity index (χ1n) is 6.67. The molecule has 2 rings (SSSR count). The molecule has 0 aliphatic carbocycles. The Kier molecular flexibility index (Phi) is 5.15. The van der Waals surface area contributed by atoms with Crippen LogP contribution in [0.4, 0.5) is 11.6 Å². The van der Waals surface area contributed by atoms with Gasteiger partial charge in [-0.15, -0.1) is 0 Å². The van der Waals surface area contributed by atoms with E-state index >= 15 is 0 Å². The third kappa shape index (κ3) is 3.18. The van der Waals surface area contributed by atoms with Crippen LogP contribution in [-0.4, -0.2) is 61.7 Å². The minimum Gasteiger partial charge on any atom is -0.490 e. The van der Waals surface area contributed by atoms with Crippen LogP contribution in [0.2, 0.25) is 0 Å². The third-order valence-corrected chi connectivity index (χ3v) is 6.69. The molecule has 118 valence electrons. The number of hydrogen-bond donors (Lipinski definition) is 1. The van der Waals surface area contributed by atoms with E-state index in [1.807, 2.05) is 4.90 Å². The molecular formula is C12H20N4O3S2. The van der Waals surface area contributed by atoms with E-state index in [-0.39, 0.29) is 5.75 Å². The van der Waals surface area contributed by atoms with E-state index in [0.29, 0.717) is 29.7 Å². The van der Waals surface area contributed by atoms with Gasteiger partial charge in [0.1, 0.15) is 11.7 Å². The summed E-state index contributed by atoms with van der Waals surface area (Å²) in [6.45, 7) is 2.29. The molecule has 1 aliphatic heterocycles. The number of aromatic nitrogens is 2. The number of hydrogen-bond acceptors (Lipinski definition) is 8. The van der Waals surface area contributed by atoms with Gasteiger partial charge in [0.15, 0.2) is 21.5 Å². The van der Waals surface area contributed by atoms with Crippen LogP contribution in [0.15, 0.2) is 6.33 Å². The summed E-state index contributed by atoms with van der Waals surface area (Å²) in [5.41, 5.74) is 0. The average Bonchev–Trinajstić information content (AvgIpc) is 2.53. The Labute approximate surface area is 129 Å². The Balaban J connectivity index is 2.47. The van der Waals surface area contributed by atoms with E-state index in [2.05, 4.69) is 15.3 Å². The molecule has 1 fully saturated rings. The van der Waals surface area contributed by atoms with Crippen molar-refractivity contribution in [1.82, 2.24) is 9.97 Å². The first kappa shape index (κ1) is 16.2. The molecule has 0 saturated carbocycles. The Hall–Kier alpha value is -1.22. The van der Waals surface area contributed by atoms with E-state index in [1.165, 1.54) is 13.4 Å². The fourth-order valence-electron chi connectivity index (χ4n) is 2.25. The maximum Gasteiger partial charge on any atom is 0.204 e. The molecule has 9 heteroatoms. The molecule has 0 bridgehead atoms. The first-order valence-corrected chi connectivity index (χ1v) is 9.54. The van der Waals surface area contributed by atoms with Crippen molar-refractivity contribution < 1.29 is 13.2 Å². The lowest BCUT2D eigenvalue weighted by Crippen LogP contribution is -2.48. The summed E-state index contributed by atoms with van der Waals surface area (Å²) in [6.07, 6.45) is 1.42. The maximum atomic E-state index is 12.3. The highest BCUT2D eigenvalue weighted by atomic mass is 32.2. The smallest absolute Gasteiger partial charge is 0.204 e. The summed E-state index contributed by atoms with van der Waals surface area (Å²) in [4.78, 5) is 10.2. The van der Waals surface area contributed by atoms with Crippen LogP contribution in [0, 0.1) is 0 Å². The van der Waals surface area contributed by atoms with Crippen molar-refractivity contribution in [2.75, 3.05) is 48.2 Å². The molecule has 1 saturated heterocycles. The van der Waals surface area contributed by atoms with Crippen LogP contribution in [0.1, 0.15) is 6.92 Å². The first-order chi connectivity index (χ1) is 10.0. The number of ether oxygens (including phenoxy) is 1. The SMILES string of the molecule is CCS(=O)(=O)C1CSCCN1c1ncnc(NC)c1OC.